The number of carbonyl (C=O) groups excluding carboxylic acids is 2. The molecule has 3 aromatic rings. The van der Waals surface area contributed by atoms with E-state index in [1.807, 2.05) is 0 Å². The van der Waals surface area contributed by atoms with Gasteiger partial charge in [-0.1, -0.05) is 24.3 Å². The van der Waals surface area contributed by atoms with Crippen LogP contribution in [-0.2, 0) is 25.9 Å². The molecule has 0 unspecified atom stereocenters. The summed E-state index contributed by atoms with van der Waals surface area (Å²) in [6.07, 6.45) is 1.55. The summed E-state index contributed by atoms with van der Waals surface area (Å²) in [6.45, 7) is 0.729. The van der Waals surface area contributed by atoms with E-state index in [4.69, 9.17) is 9.47 Å². The summed E-state index contributed by atoms with van der Waals surface area (Å²) in [5.74, 6) is -1.16. The molecule has 0 saturated carbocycles. The summed E-state index contributed by atoms with van der Waals surface area (Å²) >= 11 is 0. The van der Waals surface area contributed by atoms with Gasteiger partial charge in [0.2, 0.25) is 9.84 Å². The summed E-state index contributed by atoms with van der Waals surface area (Å²) in [7, 11) is -4.06. The van der Waals surface area contributed by atoms with Crippen LogP contribution in [0.15, 0.2) is 76.5 Å². The summed E-state index contributed by atoms with van der Waals surface area (Å²) in [6, 6.07) is 18.9. The minimum atomic E-state index is -4.06. The van der Waals surface area contributed by atoms with Crippen molar-refractivity contribution in [2.24, 2.45) is 0 Å². The number of nitriles is 1. The van der Waals surface area contributed by atoms with Gasteiger partial charge in [-0.25, -0.2) is 13.2 Å². The van der Waals surface area contributed by atoms with E-state index in [0.29, 0.717) is 17.7 Å². The van der Waals surface area contributed by atoms with Gasteiger partial charge in [-0.2, -0.15) is 5.26 Å². The standard InChI is InChI=1S/C27H22N2O6S/c28-15-18-5-3-6-19(13-18)16-29-23-14-20(27(31)35-17-21-7-4-12-34-21)10-11-25(23)36(32,33)24-9-2-1-8-22(24)26(29)30/h1-3,5-6,8-11,13-14,21H,4,7,12,16-17H2/t21-/m0/s1. The second-order valence-electron chi connectivity index (χ2n) is 8.62. The molecular weight excluding hydrogens is 480 g/mol. The van der Waals surface area contributed by atoms with E-state index >= 15 is 0 Å². The third kappa shape index (κ3) is 4.37. The van der Waals surface area contributed by atoms with Crippen molar-refractivity contribution < 1.29 is 27.5 Å². The minimum absolute atomic E-state index is 0.000374. The van der Waals surface area contributed by atoms with Crippen LogP contribution in [0, 0.1) is 11.3 Å². The van der Waals surface area contributed by atoms with E-state index in [0.717, 1.165) is 12.8 Å². The van der Waals surface area contributed by atoms with Gasteiger partial charge < -0.3 is 14.4 Å². The zero-order valence-electron chi connectivity index (χ0n) is 19.2. The van der Waals surface area contributed by atoms with Crippen LogP contribution < -0.4 is 4.90 Å². The Morgan fingerprint density at radius 1 is 1.08 bits per heavy atom. The smallest absolute Gasteiger partial charge is 0.338 e. The number of anilines is 1. The summed E-state index contributed by atoms with van der Waals surface area (Å²) in [4.78, 5) is 27.6. The third-order valence-electron chi connectivity index (χ3n) is 6.25. The molecule has 3 aromatic carbocycles. The fourth-order valence-electron chi connectivity index (χ4n) is 4.44. The Morgan fingerprint density at radius 3 is 2.69 bits per heavy atom. The number of rotatable bonds is 5. The van der Waals surface area contributed by atoms with Crippen molar-refractivity contribution in [2.45, 2.75) is 35.3 Å². The Labute approximate surface area is 208 Å². The van der Waals surface area contributed by atoms with Gasteiger partial charge in [0, 0.05) is 6.61 Å². The highest BCUT2D eigenvalue weighted by molar-refractivity contribution is 7.91. The fourth-order valence-corrected chi connectivity index (χ4v) is 6.07. The molecule has 0 aromatic heterocycles. The number of carbonyl (C=O) groups is 2. The fraction of sp³-hybridized carbons (Fsp3) is 0.222. The van der Waals surface area contributed by atoms with Crippen LogP contribution in [0.25, 0.3) is 0 Å². The maximum Gasteiger partial charge on any atom is 0.338 e. The average molecular weight is 503 g/mol. The summed E-state index contributed by atoms with van der Waals surface area (Å²) in [5.41, 5.74) is 1.28. The lowest BCUT2D eigenvalue weighted by Gasteiger charge is -2.23. The largest absolute Gasteiger partial charge is 0.459 e. The van der Waals surface area contributed by atoms with Crippen LogP contribution in [0.4, 0.5) is 5.69 Å². The lowest BCUT2D eigenvalue weighted by atomic mass is 10.1. The molecule has 9 heteroatoms. The zero-order valence-corrected chi connectivity index (χ0v) is 20.0. The molecule has 0 N–H and O–H groups in total. The molecule has 2 aliphatic heterocycles. The quantitative estimate of drug-likeness (QED) is 0.486. The van der Waals surface area contributed by atoms with E-state index in [-0.39, 0.29) is 45.9 Å². The number of fused-ring (bicyclic) bond motifs is 2. The maximum absolute atomic E-state index is 13.7. The number of ether oxygens (including phenoxy) is 2. The molecule has 2 aliphatic rings. The number of esters is 1. The lowest BCUT2D eigenvalue weighted by molar-refractivity contribution is 0.0161. The molecule has 1 fully saturated rings. The molecule has 36 heavy (non-hydrogen) atoms. The number of benzene rings is 3. The van der Waals surface area contributed by atoms with Crippen molar-refractivity contribution in [3.05, 3.63) is 89.0 Å². The molecular formula is C27H22N2O6S. The Bertz CT molecular complexity index is 1500. The van der Waals surface area contributed by atoms with Crippen molar-refractivity contribution in [3.63, 3.8) is 0 Å². The van der Waals surface area contributed by atoms with E-state index in [9.17, 15) is 23.3 Å². The number of nitrogens with zero attached hydrogens (tertiary/aromatic N) is 2. The normalized spacial score (nSPS) is 18.0. The Balaban J connectivity index is 1.59. The first-order chi connectivity index (χ1) is 17.4. The van der Waals surface area contributed by atoms with Crippen LogP contribution in [0.5, 0.6) is 0 Å². The molecule has 0 bridgehead atoms. The maximum atomic E-state index is 13.7. The summed E-state index contributed by atoms with van der Waals surface area (Å²) < 4.78 is 38.1. The molecule has 0 spiro atoms. The highest BCUT2D eigenvalue weighted by atomic mass is 32.2. The molecule has 2 heterocycles. The second kappa shape index (κ2) is 9.57. The first-order valence-electron chi connectivity index (χ1n) is 11.5. The number of amides is 1. The molecule has 0 radical (unpaired) electrons. The Kier molecular flexibility index (Phi) is 6.31. The predicted molar refractivity (Wildman–Crippen MR) is 129 cm³/mol. The topological polar surface area (TPSA) is 114 Å². The number of hydrogen-bond donors (Lipinski definition) is 0. The van der Waals surface area contributed by atoms with Gasteiger partial charge in [0.25, 0.3) is 5.91 Å². The molecule has 182 valence electrons. The van der Waals surface area contributed by atoms with Crippen LogP contribution in [-0.4, -0.2) is 39.6 Å². The first-order valence-corrected chi connectivity index (χ1v) is 12.9. The highest BCUT2D eigenvalue weighted by Crippen LogP contribution is 2.38. The van der Waals surface area contributed by atoms with Crippen LogP contribution in [0.3, 0.4) is 0 Å². The van der Waals surface area contributed by atoms with Crippen molar-refractivity contribution in [1.82, 2.24) is 0 Å². The van der Waals surface area contributed by atoms with Crippen molar-refractivity contribution in [3.8, 4) is 6.07 Å². The van der Waals surface area contributed by atoms with Crippen LogP contribution >= 0.6 is 0 Å². The summed E-state index contributed by atoms with van der Waals surface area (Å²) in [5, 5.41) is 9.28. The first kappa shape index (κ1) is 23.7. The van der Waals surface area contributed by atoms with E-state index < -0.39 is 21.7 Å². The number of sulfone groups is 1. The minimum Gasteiger partial charge on any atom is -0.459 e. The van der Waals surface area contributed by atoms with Gasteiger partial charge in [0.15, 0.2) is 0 Å². The molecule has 1 atom stereocenters. The lowest BCUT2D eigenvalue weighted by Crippen LogP contribution is -2.30. The van der Waals surface area contributed by atoms with Crippen molar-refractivity contribution >= 4 is 27.4 Å². The molecule has 5 rings (SSSR count). The Hall–Kier alpha value is -4.00. The molecule has 0 aliphatic carbocycles. The Morgan fingerprint density at radius 2 is 1.92 bits per heavy atom. The monoisotopic (exact) mass is 502 g/mol. The molecule has 1 amide bonds. The van der Waals surface area contributed by atoms with E-state index in [2.05, 4.69) is 6.07 Å². The van der Waals surface area contributed by atoms with Gasteiger partial charge >= 0.3 is 5.97 Å². The average Bonchev–Trinajstić information content (AvgIpc) is 3.41. The van der Waals surface area contributed by atoms with Crippen LogP contribution in [0.1, 0.15) is 44.7 Å². The van der Waals surface area contributed by atoms with Gasteiger partial charge in [-0.3, -0.25) is 4.79 Å². The SMILES string of the molecule is N#Cc1cccc(CN2C(=O)c3ccccc3S(=O)(=O)c3ccc(C(=O)OC[C@@H]4CCCO4)cc32)c1. The van der Waals surface area contributed by atoms with E-state index in [1.165, 1.54) is 35.2 Å². The zero-order chi connectivity index (χ0) is 25.3. The molecule has 1 saturated heterocycles. The second-order valence-corrected chi connectivity index (χ2v) is 10.5. The number of hydrogen-bond acceptors (Lipinski definition) is 7. The third-order valence-corrected chi connectivity index (χ3v) is 8.11. The highest BCUT2D eigenvalue weighted by Gasteiger charge is 2.36. The molecule has 8 nitrogen and oxygen atoms in total. The van der Waals surface area contributed by atoms with Gasteiger partial charge in [-0.15, -0.1) is 0 Å². The van der Waals surface area contributed by atoms with Gasteiger partial charge in [0.1, 0.15) is 6.61 Å². The van der Waals surface area contributed by atoms with E-state index in [1.54, 1.807) is 36.4 Å². The van der Waals surface area contributed by atoms with Crippen LogP contribution in [0.2, 0.25) is 0 Å². The van der Waals surface area contributed by atoms with Crippen molar-refractivity contribution in [1.29, 1.82) is 5.26 Å². The van der Waals surface area contributed by atoms with Crippen molar-refractivity contribution in [2.75, 3.05) is 18.1 Å². The predicted octanol–water partition coefficient (Wildman–Crippen LogP) is 3.89. The van der Waals surface area contributed by atoms with Gasteiger partial charge in [0.05, 0.1) is 50.9 Å². The van der Waals surface area contributed by atoms with Gasteiger partial charge in [-0.05, 0) is 60.9 Å².